The second-order valence-corrected chi connectivity index (χ2v) is 7.18. The Labute approximate surface area is 115 Å². The van der Waals surface area contributed by atoms with Gasteiger partial charge in [0.1, 0.15) is 5.76 Å². The van der Waals surface area contributed by atoms with E-state index < -0.39 is 15.3 Å². The molecular weight excluding hydrogens is 264 g/mol. The number of sulfonamides is 1. The third-order valence-corrected chi connectivity index (χ3v) is 5.89. The van der Waals surface area contributed by atoms with Crippen LogP contribution in [0.5, 0.6) is 0 Å². The largest absolute Gasteiger partial charge is 0.495 e. The van der Waals surface area contributed by atoms with E-state index in [1.54, 1.807) is 16.5 Å². The van der Waals surface area contributed by atoms with Crippen molar-refractivity contribution in [3.05, 3.63) is 23.6 Å². The molecule has 1 aliphatic carbocycles. The molecule has 2 aliphatic rings. The van der Waals surface area contributed by atoms with Crippen molar-refractivity contribution in [3.63, 3.8) is 0 Å². The van der Waals surface area contributed by atoms with Crippen molar-refractivity contribution in [1.29, 1.82) is 0 Å². The second kappa shape index (κ2) is 5.96. The SMILES string of the molecule is COC1=CCC(S(=O)(=O)N2CCCCCC2)C=C1N. The Hall–Kier alpha value is -1.01. The normalized spacial score (nSPS) is 26.3. The highest BCUT2D eigenvalue weighted by molar-refractivity contribution is 7.89. The zero-order valence-corrected chi connectivity index (χ0v) is 12.2. The number of nitrogens with zero attached hydrogens (tertiary/aromatic N) is 1. The molecule has 0 aromatic rings. The summed E-state index contributed by atoms with van der Waals surface area (Å²) in [4.78, 5) is 0. The Kier molecular flexibility index (Phi) is 4.52. The molecule has 2 rings (SSSR count). The molecule has 1 atom stereocenters. The van der Waals surface area contributed by atoms with Crippen molar-refractivity contribution >= 4 is 10.0 Å². The summed E-state index contributed by atoms with van der Waals surface area (Å²) >= 11 is 0. The minimum atomic E-state index is -3.30. The molecule has 1 saturated heterocycles. The maximum absolute atomic E-state index is 12.6. The summed E-state index contributed by atoms with van der Waals surface area (Å²) in [6, 6.07) is 0. The van der Waals surface area contributed by atoms with E-state index >= 15 is 0 Å². The van der Waals surface area contributed by atoms with Crippen LogP contribution in [0.25, 0.3) is 0 Å². The minimum Gasteiger partial charge on any atom is -0.495 e. The first kappa shape index (κ1) is 14.4. The third-order valence-electron chi connectivity index (χ3n) is 3.71. The van der Waals surface area contributed by atoms with Crippen LogP contribution in [0.15, 0.2) is 23.6 Å². The van der Waals surface area contributed by atoms with E-state index in [4.69, 9.17) is 10.5 Å². The summed E-state index contributed by atoms with van der Waals surface area (Å²) in [5, 5.41) is -0.551. The first-order chi connectivity index (χ1) is 9.05. The minimum absolute atomic E-state index is 0.414. The quantitative estimate of drug-likeness (QED) is 0.849. The van der Waals surface area contributed by atoms with Gasteiger partial charge >= 0.3 is 0 Å². The van der Waals surface area contributed by atoms with Gasteiger partial charge in [-0.15, -0.1) is 0 Å². The van der Waals surface area contributed by atoms with Crippen LogP contribution in [0.2, 0.25) is 0 Å². The van der Waals surface area contributed by atoms with Crippen LogP contribution in [0.1, 0.15) is 32.1 Å². The molecule has 1 aliphatic heterocycles. The van der Waals surface area contributed by atoms with Crippen LogP contribution in [-0.4, -0.2) is 38.2 Å². The first-order valence-corrected chi connectivity index (χ1v) is 8.27. The van der Waals surface area contributed by atoms with E-state index in [9.17, 15) is 8.42 Å². The molecule has 0 aromatic heterocycles. The lowest BCUT2D eigenvalue weighted by Crippen LogP contribution is -2.39. The van der Waals surface area contributed by atoms with Crippen LogP contribution < -0.4 is 5.73 Å². The molecule has 0 radical (unpaired) electrons. The number of rotatable bonds is 3. The fourth-order valence-electron chi connectivity index (χ4n) is 2.59. The van der Waals surface area contributed by atoms with Gasteiger partial charge in [-0.05, 0) is 31.4 Å². The van der Waals surface area contributed by atoms with Crippen molar-refractivity contribution in [2.75, 3.05) is 20.2 Å². The Morgan fingerprint density at radius 2 is 1.89 bits per heavy atom. The van der Waals surface area contributed by atoms with Crippen LogP contribution >= 0.6 is 0 Å². The highest BCUT2D eigenvalue weighted by atomic mass is 32.2. The average Bonchev–Trinajstić information content (AvgIpc) is 2.67. The monoisotopic (exact) mass is 286 g/mol. The Bertz CT molecular complexity index is 474. The number of methoxy groups -OCH3 is 1. The summed E-state index contributed by atoms with van der Waals surface area (Å²) < 4.78 is 31.9. The van der Waals surface area contributed by atoms with Crippen LogP contribution in [-0.2, 0) is 14.8 Å². The maximum atomic E-state index is 12.6. The zero-order chi connectivity index (χ0) is 13.9. The highest BCUT2D eigenvalue weighted by Gasteiger charge is 2.32. The summed E-state index contributed by atoms with van der Waals surface area (Å²) in [6.07, 6.45) is 7.93. The van der Waals surface area contributed by atoms with E-state index in [-0.39, 0.29) is 0 Å². The van der Waals surface area contributed by atoms with E-state index in [1.807, 2.05) is 0 Å². The number of hydrogen-bond acceptors (Lipinski definition) is 4. The fraction of sp³-hybridized carbons (Fsp3) is 0.692. The van der Waals surface area contributed by atoms with Crippen LogP contribution in [0, 0.1) is 0 Å². The van der Waals surface area contributed by atoms with Crippen molar-refractivity contribution in [2.45, 2.75) is 37.4 Å². The summed E-state index contributed by atoms with van der Waals surface area (Å²) in [5.41, 5.74) is 6.24. The fourth-order valence-corrected chi connectivity index (χ4v) is 4.40. The van der Waals surface area contributed by atoms with Crippen molar-refractivity contribution in [3.8, 4) is 0 Å². The lowest BCUT2D eigenvalue weighted by Gasteiger charge is -2.26. The van der Waals surface area contributed by atoms with Gasteiger partial charge in [0.2, 0.25) is 10.0 Å². The predicted molar refractivity (Wildman–Crippen MR) is 74.7 cm³/mol. The molecular formula is C13H22N2O3S. The number of ether oxygens (including phenoxy) is 1. The smallest absolute Gasteiger partial charge is 0.220 e. The first-order valence-electron chi connectivity index (χ1n) is 6.76. The molecule has 6 heteroatoms. The van der Waals surface area contributed by atoms with Gasteiger partial charge in [-0.25, -0.2) is 12.7 Å². The molecule has 0 bridgehead atoms. The van der Waals surface area contributed by atoms with Gasteiger partial charge in [0, 0.05) is 13.1 Å². The molecule has 1 heterocycles. The average molecular weight is 286 g/mol. The zero-order valence-electron chi connectivity index (χ0n) is 11.3. The number of hydrogen-bond donors (Lipinski definition) is 1. The van der Waals surface area contributed by atoms with Gasteiger partial charge in [-0.1, -0.05) is 12.8 Å². The molecule has 108 valence electrons. The van der Waals surface area contributed by atoms with E-state index in [0.717, 1.165) is 25.7 Å². The molecule has 0 saturated carbocycles. The van der Waals surface area contributed by atoms with Gasteiger partial charge in [0.05, 0.1) is 18.1 Å². The Morgan fingerprint density at radius 3 is 2.42 bits per heavy atom. The van der Waals surface area contributed by atoms with Crippen molar-refractivity contribution < 1.29 is 13.2 Å². The summed E-state index contributed by atoms with van der Waals surface area (Å²) in [7, 11) is -1.76. The van der Waals surface area contributed by atoms with E-state index in [2.05, 4.69) is 0 Å². The van der Waals surface area contributed by atoms with Gasteiger partial charge in [-0.2, -0.15) is 0 Å². The van der Waals surface area contributed by atoms with Gasteiger partial charge < -0.3 is 10.5 Å². The molecule has 2 N–H and O–H groups in total. The topological polar surface area (TPSA) is 72.6 Å². The second-order valence-electron chi connectivity index (χ2n) is 5.03. The Morgan fingerprint density at radius 1 is 1.26 bits per heavy atom. The van der Waals surface area contributed by atoms with E-state index in [1.165, 1.54) is 7.11 Å². The van der Waals surface area contributed by atoms with Crippen LogP contribution in [0.3, 0.4) is 0 Å². The predicted octanol–water partition coefficient (Wildman–Crippen LogP) is 1.34. The van der Waals surface area contributed by atoms with Gasteiger partial charge in [0.25, 0.3) is 0 Å². The maximum Gasteiger partial charge on any atom is 0.220 e. The summed E-state index contributed by atoms with van der Waals surface area (Å²) in [6.45, 7) is 1.26. The number of nitrogens with two attached hydrogens (primary N) is 1. The van der Waals surface area contributed by atoms with Gasteiger partial charge in [-0.3, -0.25) is 0 Å². The Balaban J connectivity index is 2.15. The van der Waals surface area contributed by atoms with Gasteiger partial charge in [0.15, 0.2) is 0 Å². The molecule has 1 fully saturated rings. The lowest BCUT2D eigenvalue weighted by atomic mass is 10.1. The molecule has 1 unspecified atom stereocenters. The molecule has 0 amide bonds. The lowest BCUT2D eigenvalue weighted by molar-refractivity contribution is 0.296. The van der Waals surface area contributed by atoms with Crippen LogP contribution in [0.4, 0.5) is 0 Å². The van der Waals surface area contributed by atoms with E-state index in [0.29, 0.717) is 31.0 Å². The van der Waals surface area contributed by atoms with Crippen molar-refractivity contribution in [2.24, 2.45) is 5.73 Å². The third kappa shape index (κ3) is 3.12. The molecule has 0 spiro atoms. The molecule has 0 aromatic carbocycles. The highest BCUT2D eigenvalue weighted by Crippen LogP contribution is 2.25. The number of allylic oxidation sites excluding steroid dienone is 1. The molecule has 5 nitrogen and oxygen atoms in total. The molecule has 19 heavy (non-hydrogen) atoms. The standard InChI is InChI=1S/C13H22N2O3S/c1-18-13-7-6-11(10-12(13)14)19(16,17)15-8-4-2-3-5-9-15/h7,10-11H,2-6,8-9,14H2,1H3. The summed E-state index contributed by atoms with van der Waals surface area (Å²) in [5.74, 6) is 0.572. The van der Waals surface area contributed by atoms with Crippen molar-refractivity contribution in [1.82, 2.24) is 4.31 Å².